The maximum absolute atomic E-state index is 12.2. The third-order valence-electron chi connectivity index (χ3n) is 4.43. The van der Waals surface area contributed by atoms with Crippen molar-refractivity contribution >= 4 is 5.91 Å². The first-order valence-corrected chi connectivity index (χ1v) is 8.56. The standard InChI is InChI=1S/C18H25N5O/c19-9-11-20-18(24)15-5-4-12-22(13-15)14-17-8-10-21-23(17)16-6-2-1-3-7-16/h1-3,6-8,10,15H,4-5,9,11-14,19H2,(H,20,24). The molecule has 3 rings (SSSR count). The number of carbonyl (C=O) groups is 1. The van der Waals surface area contributed by atoms with Crippen molar-refractivity contribution in [1.29, 1.82) is 0 Å². The number of rotatable bonds is 6. The monoisotopic (exact) mass is 327 g/mol. The third kappa shape index (κ3) is 4.01. The van der Waals surface area contributed by atoms with Gasteiger partial charge >= 0.3 is 0 Å². The minimum atomic E-state index is 0.0541. The summed E-state index contributed by atoms with van der Waals surface area (Å²) in [6.45, 7) is 3.64. The van der Waals surface area contributed by atoms with Crippen molar-refractivity contribution in [1.82, 2.24) is 20.0 Å². The molecule has 6 heteroatoms. The average molecular weight is 327 g/mol. The molecule has 0 bridgehead atoms. The molecule has 1 atom stereocenters. The van der Waals surface area contributed by atoms with Crippen molar-refractivity contribution in [2.24, 2.45) is 11.7 Å². The van der Waals surface area contributed by atoms with Crippen molar-refractivity contribution < 1.29 is 4.79 Å². The molecule has 0 saturated carbocycles. The Kier molecular flexibility index (Phi) is 5.61. The summed E-state index contributed by atoms with van der Waals surface area (Å²) in [7, 11) is 0. The molecule has 1 amide bonds. The van der Waals surface area contributed by atoms with Crippen LogP contribution in [-0.2, 0) is 11.3 Å². The van der Waals surface area contributed by atoms with E-state index in [0.717, 1.165) is 43.9 Å². The van der Waals surface area contributed by atoms with E-state index in [0.29, 0.717) is 13.1 Å². The Bertz CT molecular complexity index is 654. The zero-order valence-corrected chi connectivity index (χ0v) is 13.9. The summed E-state index contributed by atoms with van der Waals surface area (Å²) >= 11 is 0. The fourth-order valence-electron chi connectivity index (χ4n) is 3.23. The normalized spacial score (nSPS) is 18.5. The minimum absolute atomic E-state index is 0.0541. The first-order chi connectivity index (χ1) is 11.8. The number of piperidine rings is 1. The number of aromatic nitrogens is 2. The van der Waals surface area contributed by atoms with E-state index in [2.05, 4.69) is 27.4 Å². The topological polar surface area (TPSA) is 76.2 Å². The second kappa shape index (κ2) is 8.08. The molecule has 1 fully saturated rings. The van der Waals surface area contributed by atoms with E-state index in [1.807, 2.05) is 35.1 Å². The van der Waals surface area contributed by atoms with Crippen LogP contribution in [0, 0.1) is 5.92 Å². The van der Waals surface area contributed by atoms with Gasteiger partial charge in [0.05, 0.1) is 17.3 Å². The van der Waals surface area contributed by atoms with E-state index in [-0.39, 0.29) is 11.8 Å². The summed E-state index contributed by atoms with van der Waals surface area (Å²) in [6.07, 6.45) is 3.82. The van der Waals surface area contributed by atoms with E-state index in [1.165, 1.54) is 0 Å². The number of nitrogens with one attached hydrogen (secondary N) is 1. The van der Waals surface area contributed by atoms with Crippen LogP contribution in [0.2, 0.25) is 0 Å². The maximum Gasteiger partial charge on any atom is 0.224 e. The Labute approximate surface area is 142 Å². The van der Waals surface area contributed by atoms with Crippen LogP contribution in [0.1, 0.15) is 18.5 Å². The van der Waals surface area contributed by atoms with E-state index in [1.54, 1.807) is 0 Å². The number of likely N-dealkylation sites (tertiary alicyclic amines) is 1. The fraction of sp³-hybridized carbons (Fsp3) is 0.444. The highest BCUT2D eigenvalue weighted by Gasteiger charge is 2.26. The molecular weight excluding hydrogens is 302 g/mol. The largest absolute Gasteiger partial charge is 0.355 e. The summed E-state index contributed by atoms with van der Waals surface area (Å²) < 4.78 is 1.97. The second-order valence-corrected chi connectivity index (χ2v) is 6.22. The van der Waals surface area contributed by atoms with Crippen molar-refractivity contribution in [3.63, 3.8) is 0 Å². The highest BCUT2D eigenvalue weighted by Crippen LogP contribution is 2.20. The van der Waals surface area contributed by atoms with Gasteiger partial charge in [-0.2, -0.15) is 5.10 Å². The number of nitrogens with zero attached hydrogens (tertiary/aromatic N) is 3. The molecule has 3 N–H and O–H groups in total. The summed E-state index contributed by atoms with van der Waals surface area (Å²) in [4.78, 5) is 14.5. The lowest BCUT2D eigenvalue weighted by molar-refractivity contribution is -0.126. The number of hydrogen-bond acceptors (Lipinski definition) is 4. The highest BCUT2D eigenvalue weighted by molar-refractivity contribution is 5.78. The lowest BCUT2D eigenvalue weighted by Crippen LogP contribution is -2.43. The number of amides is 1. The van der Waals surface area contributed by atoms with E-state index >= 15 is 0 Å². The van der Waals surface area contributed by atoms with Crippen LogP contribution < -0.4 is 11.1 Å². The maximum atomic E-state index is 12.2. The van der Waals surface area contributed by atoms with Gasteiger partial charge in [-0.05, 0) is 37.6 Å². The predicted molar refractivity (Wildman–Crippen MR) is 93.6 cm³/mol. The van der Waals surface area contributed by atoms with E-state index < -0.39 is 0 Å². The predicted octanol–water partition coefficient (Wildman–Crippen LogP) is 1.16. The number of benzene rings is 1. The summed E-state index contributed by atoms with van der Waals surface area (Å²) in [6, 6.07) is 12.2. The highest BCUT2D eigenvalue weighted by atomic mass is 16.1. The molecule has 2 heterocycles. The summed E-state index contributed by atoms with van der Waals surface area (Å²) in [5, 5.41) is 7.35. The Morgan fingerprint density at radius 1 is 1.29 bits per heavy atom. The number of carbonyl (C=O) groups excluding carboxylic acids is 1. The van der Waals surface area contributed by atoms with Crippen LogP contribution in [0.3, 0.4) is 0 Å². The van der Waals surface area contributed by atoms with Crippen LogP contribution in [0.25, 0.3) is 5.69 Å². The van der Waals surface area contributed by atoms with Crippen LogP contribution >= 0.6 is 0 Å². The third-order valence-corrected chi connectivity index (χ3v) is 4.43. The van der Waals surface area contributed by atoms with Crippen LogP contribution in [0.4, 0.5) is 0 Å². The molecule has 0 aliphatic carbocycles. The molecule has 1 saturated heterocycles. The van der Waals surface area contributed by atoms with Gasteiger partial charge in [-0.15, -0.1) is 0 Å². The Morgan fingerprint density at radius 3 is 2.92 bits per heavy atom. The van der Waals surface area contributed by atoms with Crippen molar-refractivity contribution in [3.05, 3.63) is 48.3 Å². The number of para-hydroxylation sites is 1. The zero-order valence-electron chi connectivity index (χ0n) is 13.9. The van der Waals surface area contributed by atoms with Crippen LogP contribution in [0.5, 0.6) is 0 Å². The lowest BCUT2D eigenvalue weighted by atomic mass is 9.97. The molecule has 1 unspecified atom stereocenters. The molecule has 1 aliphatic heterocycles. The van der Waals surface area contributed by atoms with Crippen LogP contribution in [0.15, 0.2) is 42.6 Å². The number of nitrogens with two attached hydrogens (primary N) is 1. The molecule has 128 valence electrons. The van der Waals surface area contributed by atoms with Crippen molar-refractivity contribution in [2.45, 2.75) is 19.4 Å². The lowest BCUT2D eigenvalue weighted by Gasteiger charge is -2.32. The molecule has 24 heavy (non-hydrogen) atoms. The minimum Gasteiger partial charge on any atom is -0.355 e. The summed E-state index contributed by atoms with van der Waals surface area (Å²) in [5.41, 5.74) is 7.67. The summed E-state index contributed by atoms with van der Waals surface area (Å²) in [5.74, 6) is 0.181. The fourth-order valence-corrected chi connectivity index (χ4v) is 3.23. The van der Waals surface area contributed by atoms with E-state index in [4.69, 9.17) is 5.73 Å². The van der Waals surface area contributed by atoms with Gasteiger partial charge in [0.25, 0.3) is 0 Å². The van der Waals surface area contributed by atoms with Gasteiger partial charge in [-0.25, -0.2) is 4.68 Å². The quantitative estimate of drug-likeness (QED) is 0.835. The molecule has 1 aliphatic rings. The van der Waals surface area contributed by atoms with E-state index in [9.17, 15) is 4.79 Å². The second-order valence-electron chi connectivity index (χ2n) is 6.22. The molecule has 0 spiro atoms. The SMILES string of the molecule is NCCNC(=O)C1CCCN(Cc2ccnn2-c2ccccc2)C1. The molecule has 6 nitrogen and oxygen atoms in total. The Balaban J connectivity index is 1.64. The molecule has 2 aromatic rings. The zero-order chi connectivity index (χ0) is 16.8. The average Bonchev–Trinajstić information content (AvgIpc) is 3.08. The smallest absolute Gasteiger partial charge is 0.224 e. The first-order valence-electron chi connectivity index (χ1n) is 8.56. The molecule has 1 aromatic carbocycles. The molecular formula is C18H25N5O. The van der Waals surface area contributed by atoms with Gasteiger partial charge in [0.1, 0.15) is 0 Å². The molecule has 0 radical (unpaired) electrons. The number of hydrogen-bond donors (Lipinski definition) is 2. The van der Waals surface area contributed by atoms with Gasteiger partial charge < -0.3 is 11.1 Å². The van der Waals surface area contributed by atoms with Crippen molar-refractivity contribution in [2.75, 3.05) is 26.2 Å². The first kappa shape index (κ1) is 16.7. The Hall–Kier alpha value is -2.18. The van der Waals surface area contributed by atoms with Gasteiger partial charge in [0.15, 0.2) is 0 Å². The van der Waals surface area contributed by atoms with Gasteiger partial charge in [-0.3, -0.25) is 9.69 Å². The van der Waals surface area contributed by atoms with Crippen LogP contribution in [-0.4, -0.2) is 46.8 Å². The Morgan fingerprint density at radius 2 is 2.12 bits per heavy atom. The van der Waals surface area contributed by atoms with Gasteiger partial charge in [-0.1, -0.05) is 18.2 Å². The van der Waals surface area contributed by atoms with Crippen molar-refractivity contribution in [3.8, 4) is 5.69 Å². The van der Waals surface area contributed by atoms with Gasteiger partial charge in [0, 0.05) is 32.4 Å². The van der Waals surface area contributed by atoms with Gasteiger partial charge in [0.2, 0.25) is 5.91 Å². The molecule has 1 aromatic heterocycles.